The van der Waals surface area contributed by atoms with E-state index in [9.17, 15) is 0 Å². The van der Waals surface area contributed by atoms with Crippen LogP contribution in [0.5, 0.6) is 0 Å². The summed E-state index contributed by atoms with van der Waals surface area (Å²) >= 11 is -1.01. The molecule has 0 saturated carbocycles. The molecule has 0 unspecified atom stereocenters. The first-order valence-electron chi connectivity index (χ1n) is 4.74. The Balaban J connectivity index is 0. The maximum atomic E-state index is 8.25. The average molecular weight is 279 g/mol. The minimum absolute atomic E-state index is 0.750. The summed E-state index contributed by atoms with van der Waals surface area (Å²) in [7, 11) is 0.750. The molecule has 1 nitrogen and oxygen atoms in total. The van der Waals surface area contributed by atoms with Crippen molar-refractivity contribution in [3.8, 4) is 0 Å². The van der Waals surface area contributed by atoms with E-state index in [1.165, 1.54) is 0 Å². The van der Waals surface area contributed by atoms with Gasteiger partial charge < -0.3 is 5.11 Å². The fourth-order valence-corrected chi connectivity index (χ4v) is 13.4. The summed E-state index contributed by atoms with van der Waals surface area (Å²) in [6.45, 7) is 14.5. The van der Waals surface area contributed by atoms with E-state index in [0.29, 0.717) is 0 Å². The SMILES string of the molecule is C[CH](C)[Sn+]([CH](C)C)[CH](C)C.C[O-]. The van der Waals surface area contributed by atoms with Crippen molar-refractivity contribution in [1.29, 1.82) is 0 Å². The summed E-state index contributed by atoms with van der Waals surface area (Å²) in [5.74, 6) is 0. The Morgan fingerprint density at radius 2 is 0.833 bits per heavy atom. The average Bonchev–Trinajstić information content (AvgIpc) is 1.88. The second-order valence-corrected chi connectivity index (χ2v) is 16.7. The summed E-state index contributed by atoms with van der Waals surface area (Å²) in [4.78, 5) is 0. The first-order chi connectivity index (χ1) is 5.46. The predicted molar refractivity (Wildman–Crippen MR) is 57.0 cm³/mol. The normalized spacial score (nSPS) is 10.2. The van der Waals surface area contributed by atoms with E-state index >= 15 is 0 Å². The molecule has 0 aromatic heterocycles. The van der Waals surface area contributed by atoms with E-state index in [-0.39, 0.29) is 0 Å². The largest absolute Gasteiger partial charge is 0.857 e. The zero-order chi connectivity index (χ0) is 10.3. The molecule has 12 heavy (non-hydrogen) atoms. The topological polar surface area (TPSA) is 23.1 Å². The third kappa shape index (κ3) is 6.29. The van der Waals surface area contributed by atoms with E-state index in [4.69, 9.17) is 5.11 Å². The maximum Gasteiger partial charge on any atom is -0.153 e. The van der Waals surface area contributed by atoms with E-state index in [2.05, 4.69) is 41.5 Å². The van der Waals surface area contributed by atoms with Crippen molar-refractivity contribution in [3.63, 3.8) is 0 Å². The van der Waals surface area contributed by atoms with E-state index < -0.39 is 19.8 Å². The fourth-order valence-electron chi connectivity index (χ4n) is 2.00. The standard InChI is InChI=1S/3C3H7.CH3O.Sn/c3*1-3-2;1-2;/h3*3H,1-2H3;1H3;/q;;;-1;+1. The molecule has 0 heterocycles. The van der Waals surface area contributed by atoms with Gasteiger partial charge in [-0.15, -0.1) is 0 Å². The molecule has 74 valence electrons. The first-order valence-corrected chi connectivity index (χ1v) is 9.68. The van der Waals surface area contributed by atoms with Crippen LogP contribution >= 0.6 is 0 Å². The molecule has 0 N–H and O–H groups in total. The van der Waals surface area contributed by atoms with Crippen LogP contribution in [0.3, 0.4) is 0 Å². The number of hydrogen-bond acceptors (Lipinski definition) is 1. The zero-order valence-electron chi connectivity index (χ0n) is 9.64. The number of rotatable bonds is 3. The molecule has 0 aliphatic carbocycles. The van der Waals surface area contributed by atoms with Gasteiger partial charge in [-0.05, 0) is 0 Å². The second kappa shape index (κ2) is 8.36. The van der Waals surface area contributed by atoms with Gasteiger partial charge in [0, 0.05) is 0 Å². The molecule has 0 fully saturated rings. The summed E-state index contributed by atoms with van der Waals surface area (Å²) in [6, 6.07) is 0. The molecule has 2 heteroatoms. The molecule has 0 aromatic rings. The Morgan fingerprint density at radius 3 is 0.833 bits per heavy atom. The summed E-state index contributed by atoms with van der Waals surface area (Å²) in [6.07, 6.45) is 0. The minimum Gasteiger partial charge on any atom is -0.857 e. The van der Waals surface area contributed by atoms with Crippen molar-refractivity contribution >= 4 is 19.8 Å². The third-order valence-corrected chi connectivity index (χ3v) is 13.4. The molecular formula is C10H24OSn. The number of hydrogen-bond donors (Lipinski definition) is 0. The molecule has 0 spiro atoms. The van der Waals surface area contributed by atoms with E-state index in [1.807, 2.05) is 0 Å². The van der Waals surface area contributed by atoms with Crippen molar-refractivity contribution < 1.29 is 5.11 Å². The van der Waals surface area contributed by atoms with Gasteiger partial charge in [-0.2, -0.15) is 7.11 Å². The molecule has 0 atom stereocenters. The van der Waals surface area contributed by atoms with Crippen LogP contribution in [0.2, 0.25) is 11.8 Å². The Kier molecular flexibility index (Phi) is 10.6. The van der Waals surface area contributed by atoms with Crippen molar-refractivity contribution in [3.05, 3.63) is 0 Å². The van der Waals surface area contributed by atoms with Crippen LogP contribution in [0.4, 0.5) is 0 Å². The van der Waals surface area contributed by atoms with Gasteiger partial charge in [0.25, 0.3) is 0 Å². The van der Waals surface area contributed by atoms with Crippen molar-refractivity contribution in [2.75, 3.05) is 7.11 Å². The van der Waals surface area contributed by atoms with Gasteiger partial charge in [-0.25, -0.2) is 0 Å². The molecule has 0 aliphatic heterocycles. The first kappa shape index (κ1) is 15.2. The predicted octanol–water partition coefficient (Wildman–Crippen LogP) is 2.69. The van der Waals surface area contributed by atoms with Gasteiger partial charge in [-0.1, -0.05) is 0 Å². The van der Waals surface area contributed by atoms with Gasteiger partial charge in [0.15, 0.2) is 0 Å². The van der Waals surface area contributed by atoms with Gasteiger partial charge >= 0.3 is 73.1 Å². The quantitative estimate of drug-likeness (QED) is 0.728. The van der Waals surface area contributed by atoms with Crippen molar-refractivity contribution in [2.24, 2.45) is 0 Å². The molecule has 0 bridgehead atoms. The van der Waals surface area contributed by atoms with Gasteiger partial charge in [-0.3, -0.25) is 0 Å². The molecule has 0 rings (SSSR count). The van der Waals surface area contributed by atoms with Crippen LogP contribution < -0.4 is 5.11 Å². The Morgan fingerprint density at radius 1 is 0.667 bits per heavy atom. The maximum absolute atomic E-state index is 8.25. The fraction of sp³-hybridized carbons (Fsp3) is 1.00. The van der Waals surface area contributed by atoms with Gasteiger partial charge in [0.2, 0.25) is 0 Å². The van der Waals surface area contributed by atoms with Crippen LogP contribution in [0.1, 0.15) is 41.5 Å². The second-order valence-electron chi connectivity index (χ2n) is 3.96. The Bertz CT molecular complexity index is 70.8. The van der Waals surface area contributed by atoms with Gasteiger partial charge in [0.05, 0.1) is 0 Å². The smallest absolute Gasteiger partial charge is 0.153 e. The summed E-state index contributed by atoms with van der Waals surface area (Å²) < 4.78 is 3.09. The molecule has 0 amide bonds. The van der Waals surface area contributed by atoms with Crippen molar-refractivity contribution in [1.82, 2.24) is 0 Å². The minimum atomic E-state index is -1.01. The molecule has 0 radical (unpaired) electrons. The van der Waals surface area contributed by atoms with E-state index in [0.717, 1.165) is 18.9 Å². The monoisotopic (exact) mass is 280 g/mol. The van der Waals surface area contributed by atoms with Crippen LogP contribution in [0, 0.1) is 0 Å². The zero-order valence-corrected chi connectivity index (χ0v) is 12.5. The molecule has 0 saturated heterocycles. The van der Waals surface area contributed by atoms with Crippen LogP contribution in [0.25, 0.3) is 0 Å². The van der Waals surface area contributed by atoms with E-state index in [1.54, 1.807) is 0 Å². The van der Waals surface area contributed by atoms with Crippen LogP contribution in [-0.2, 0) is 0 Å². The Labute approximate surface area is 85.3 Å². The third-order valence-electron chi connectivity index (χ3n) is 2.00. The van der Waals surface area contributed by atoms with Crippen LogP contribution in [-0.4, -0.2) is 26.9 Å². The van der Waals surface area contributed by atoms with Gasteiger partial charge in [0.1, 0.15) is 0 Å². The molecular weight excluding hydrogens is 255 g/mol. The Hall–Kier alpha value is 0.759. The summed E-state index contributed by atoms with van der Waals surface area (Å²) in [5.41, 5.74) is 0. The summed E-state index contributed by atoms with van der Waals surface area (Å²) in [5, 5.41) is 8.25. The van der Waals surface area contributed by atoms with Crippen molar-refractivity contribution in [2.45, 2.75) is 53.3 Å². The van der Waals surface area contributed by atoms with Crippen LogP contribution in [0.15, 0.2) is 0 Å². The molecule has 0 aromatic carbocycles. The molecule has 0 aliphatic rings.